The van der Waals surface area contributed by atoms with Gasteiger partial charge in [-0.2, -0.15) is 0 Å². The average Bonchev–Trinajstić information content (AvgIpc) is 2.30. The lowest BCUT2D eigenvalue weighted by atomic mass is 9.97. The number of likely N-dealkylation sites (N-methyl/N-ethyl adjacent to an activating group) is 2. The van der Waals surface area contributed by atoms with Crippen molar-refractivity contribution in [1.29, 1.82) is 0 Å². The predicted molar refractivity (Wildman–Crippen MR) is 80.1 cm³/mol. The third-order valence-corrected chi connectivity index (χ3v) is 4.16. The maximum absolute atomic E-state index is 3.67. The first kappa shape index (κ1) is 15.9. The molecule has 1 saturated heterocycles. The van der Waals surface area contributed by atoms with E-state index in [2.05, 4.69) is 50.0 Å². The third kappa shape index (κ3) is 5.25. The fourth-order valence-corrected chi connectivity index (χ4v) is 3.36. The molecule has 108 valence electrons. The standard InChI is InChI=1S/C15H33N3/c1-6-18(14(3)12-17(4)5)13(2)11-15-9-7-8-10-16-15/h13-16H,6-12H2,1-5H3. The van der Waals surface area contributed by atoms with Crippen LogP contribution in [-0.4, -0.2) is 61.7 Å². The van der Waals surface area contributed by atoms with Crippen molar-refractivity contribution in [1.82, 2.24) is 15.1 Å². The summed E-state index contributed by atoms with van der Waals surface area (Å²) in [7, 11) is 4.33. The first-order chi connectivity index (χ1) is 8.54. The number of hydrogen-bond donors (Lipinski definition) is 1. The number of nitrogens with one attached hydrogen (secondary N) is 1. The van der Waals surface area contributed by atoms with Crippen molar-refractivity contribution >= 4 is 0 Å². The molecule has 0 aromatic heterocycles. The zero-order chi connectivity index (χ0) is 13.5. The van der Waals surface area contributed by atoms with Gasteiger partial charge in [0.1, 0.15) is 0 Å². The van der Waals surface area contributed by atoms with Gasteiger partial charge in [0, 0.05) is 24.7 Å². The second-order valence-electron chi connectivity index (χ2n) is 6.17. The van der Waals surface area contributed by atoms with Crippen molar-refractivity contribution < 1.29 is 0 Å². The van der Waals surface area contributed by atoms with Crippen LogP contribution in [0.4, 0.5) is 0 Å². The highest BCUT2D eigenvalue weighted by Gasteiger charge is 2.23. The van der Waals surface area contributed by atoms with Crippen LogP contribution in [0.1, 0.15) is 46.5 Å². The molecule has 1 aliphatic rings. The lowest BCUT2D eigenvalue weighted by Gasteiger charge is -2.37. The summed E-state index contributed by atoms with van der Waals surface area (Å²) in [6.45, 7) is 10.6. The minimum atomic E-state index is 0.642. The SMILES string of the molecule is CCN(C(C)CC1CCCCN1)C(C)CN(C)C. The quantitative estimate of drug-likeness (QED) is 0.752. The highest BCUT2D eigenvalue weighted by molar-refractivity contribution is 4.81. The molecule has 0 aliphatic carbocycles. The van der Waals surface area contributed by atoms with Crippen LogP contribution in [-0.2, 0) is 0 Å². The van der Waals surface area contributed by atoms with Crippen molar-refractivity contribution in [2.45, 2.75) is 64.6 Å². The van der Waals surface area contributed by atoms with Gasteiger partial charge in [0.05, 0.1) is 0 Å². The second-order valence-corrected chi connectivity index (χ2v) is 6.17. The van der Waals surface area contributed by atoms with E-state index in [9.17, 15) is 0 Å². The molecule has 1 fully saturated rings. The number of hydrogen-bond acceptors (Lipinski definition) is 3. The molecule has 1 N–H and O–H groups in total. The molecule has 0 saturated carbocycles. The van der Waals surface area contributed by atoms with Gasteiger partial charge in [-0.3, -0.25) is 4.90 Å². The molecule has 3 nitrogen and oxygen atoms in total. The summed E-state index contributed by atoms with van der Waals surface area (Å²) < 4.78 is 0. The predicted octanol–water partition coefficient (Wildman–Crippen LogP) is 2.18. The van der Waals surface area contributed by atoms with E-state index >= 15 is 0 Å². The highest BCUT2D eigenvalue weighted by Crippen LogP contribution is 2.17. The molecule has 1 aliphatic heterocycles. The summed E-state index contributed by atoms with van der Waals surface area (Å²) in [4.78, 5) is 4.94. The maximum Gasteiger partial charge on any atom is 0.0197 e. The molecule has 3 atom stereocenters. The first-order valence-electron chi connectivity index (χ1n) is 7.68. The Balaban J connectivity index is 2.42. The van der Waals surface area contributed by atoms with Crippen LogP contribution in [0.2, 0.25) is 0 Å². The topological polar surface area (TPSA) is 18.5 Å². The maximum atomic E-state index is 3.67. The summed E-state index contributed by atoms with van der Waals surface area (Å²) in [5.41, 5.74) is 0. The number of nitrogens with zero attached hydrogens (tertiary/aromatic N) is 2. The number of rotatable bonds is 7. The van der Waals surface area contributed by atoms with Crippen molar-refractivity contribution in [3.05, 3.63) is 0 Å². The monoisotopic (exact) mass is 255 g/mol. The van der Waals surface area contributed by atoms with Crippen molar-refractivity contribution in [2.75, 3.05) is 33.7 Å². The molecule has 3 heteroatoms. The minimum Gasteiger partial charge on any atom is -0.314 e. The Morgan fingerprint density at radius 2 is 1.89 bits per heavy atom. The van der Waals surface area contributed by atoms with E-state index in [0.29, 0.717) is 12.1 Å². The Kier molecular flexibility index (Phi) is 7.20. The second kappa shape index (κ2) is 8.13. The average molecular weight is 255 g/mol. The van der Waals surface area contributed by atoms with Crippen molar-refractivity contribution in [3.63, 3.8) is 0 Å². The smallest absolute Gasteiger partial charge is 0.0197 e. The zero-order valence-electron chi connectivity index (χ0n) is 13.1. The van der Waals surface area contributed by atoms with Crippen LogP contribution in [0, 0.1) is 0 Å². The molecular formula is C15H33N3. The van der Waals surface area contributed by atoms with Gasteiger partial charge in [0.25, 0.3) is 0 Å². The van der Waals surface area contributed by atoms with Crippen LogP contribution in [0.5, 0.6) is 0 Å². The van der Waals surface area contributed by atoms with E-state index in [1.807, 2.05) is 0 Å². The normalized spacial score (nSPS) is 24.5. The van der Waals surface area contributed by atoms with Gasteiger partial charge in [-0.15, -0.1) is 0 Å². The van der Waals surface area contributed by atoms with Crippen molar-refractivity contribution in [3.8, 4) is 0 Å². The Labute approximate surface area is 114 Å². The van der Waals surface area contributed by atoms with Gasteiger partial charge in [0.15, 0.2) is 0 Å². The largest absolute Gasteiger partial charge is 0.314 e. The van der Waals surface area contributed by atoms with E-state index in [1.54, 1.807) is 0 Å². The highest BCUT2D eigenvalue weighted by atomic mass is 15.2. The third-order valence-electron chi connectivity index (χ3n) is 4.16. The van der Waals surface area contributed by atoms with Gasteiger partial charge >= 0.3 is 0 Å². The summed E-state index contributed by atoms with van der Waals surface area (Å²) in [5.74, 6) is 0. The summed E-state index contributed by atoms with van der Waals surface area (Å²) >= 11 is 0. The molecule has 0 bridgehead atoms. The lowest BCUT2D eigenvalue weighted by molar-refractivity contribution is 0.120. The Bertz CT molecular complexity index is 212. The molecular weight excluding hydrogens is 222 g/mol. The van der Waals surface area contributed by atoms with Crippen LogP contribution >= 0.6 is 0 Å². The van der Waals surface area contributed by atoms with Gasteiger partial charge in [-0.05, 0) is 60.3 Å². The lowest BCUT2D eigenvalue weighted by Crippen LogP contribution is -2.48. The number of piperidine rings is 1. The Morgan fingerprint density at radius 3 is 2.39 bits per heavy atom. The van der Waals surface area contributed by atoms with E-state index in [-0.39, 0.29) is 0 Å². The van der Waals surface area contributed by atoms with Crippen LogP contribution in [0.3, 0.4) is 0 Å². The minimum absolute atomic E-state index is 0.642. The zero-order valence-corrected chi connectivity index (χ0v) is 13.1. The summed E-state index contributed by atoms with van der Waals surface area (Å²) in [6, 6.07) is 2.07. The van der Waals surface area contributed by atoms with Gasteiger partial charge in [-0.1, -0.05) is 13.3 Å². The van der Waals surface area contributed by atoms with Crippen molar-refractivity contribution in [2.24, 2.45) is 0 Å². The van der Waals surface area contributed by atoms with E-state index < -0.39 is 0 Å². The molecule has 0 amide bonds. The van der Waals surface area contributed by atoms with Gasteiger partial charge in [0.2, 0.25) is 0 Å². The summed E-state index contributed by atoms with van der Waals surface area (Å²) in [5, 5.41) is 3.67. The molecule has 18 heavy (non-hydrogen) atoms. The Hall–Kier alpha value is -0.120. The van der Waals surface area contributed by atoms with E-state index in [0.717, 1.165) is 19.1 Å². The van der Waals surface area contributed by atoms with Crippen LogP contribution in [0.15, 0.2) is 0 Å². The molecule has 1 rings (SSSR count). The molecule has 3 unspecified atom stereocenters. The summed E-state index contributed by atoms with van der Waals surface area (Å²) in [6.07, 6.45) is 5.43. The Morgan fingerprint density at radius 1 is 1.17 bits per heavy atom. The van der Waals surface area contributed by atoms with Crippen LogP contribution < -0.4 is 5.32 Å². The van der Waals surface area contributed by atoms with Gasteiger partial charge < -0.3 is 10.2 Å². The molecule has 0 radical (unpaired) electrons. The molecule has 0 spiro atoms. The molecule has 1 heterocycles. The van der Waals surface area contributed by atoms with Gasteiger partial charge in [-0.25, -0.2) is 0 Å². The first-order valence-corrected chi connectivity index (χ1v) is 7.68. The fraction of sp³-hybridized carbons (Fsp3) is 1.00. The van der Waals surface area contributed by atoms with E-state index in [1.165, 1.54) is 32.2 Å². The van der Waals surface area contributed by atoms with Crippen LogP contribution in [0.25, 0.3) is 0 Å². The van der Waals surface area contributed by atoms with E-state index in [4.69, 9.17) is 0 Å². The fourth-order valence-electron chi connectivity index (χ4n) is 3.36. The molecule has 0 aromatic rings. The molecule has 0 aromatic carbocycles.